The SMILES string of the molecule is Cc1c(NN)nc(C(C)C)nc1SC(C)CO. The van der Waals surface area contributed by atoms with Crippen molar-refractivity contribution in [3.8, 4) is 0 Å². The Morgan fingerprint density at radius 1 is 1.35 bits per heavy atom. The molecule has 0 saturated carbocycles. The molecule has 96 valence electrons. The molecule has 5 nitrogen and oxygen atoms in total. The zero-order valence-electron chi connectivity index (χ0n) is 10.7. The first-order valence-corrected chi connectivity index (χ1v) is 6.50. The molecule has 1 aromatic rings. The maximum absolute atomic E-state index is 9.09. The average molecular weight is 256 g/mol. The standard InChI is InChI=1S/C11H20N4OS/c1-6(2)9-13-10(15-12)8(4)11(14-9)17-7(3)5-16/h6-7,16H,5,12H2,1-4H3,(H,13,14,15). The van der Waals surface area contributed by atoms with Crippen molar-refractivity contribution in [2.24, 2.45) is 5.84 Å². The van der Waals surface area contributed by atoms with E-state index in [0.717, 1.165) is 16.4 Å². The van der Waals surface area contributed by atoms with Gasteiger partial charge in [0, 0.05) is 16.7 Å². The lowest BCUT2D eigenvalue weighted by Crippen LogP contribution is -2.14. The van der Waals surface area contributed by atoms with Gasteiger partial charge in [-0.05, 0) is 6.92 Å². The van der Waals surface area contributed by atoms with Crippen LogP contribution in [-0.2, 0) is 0 Å². The average Bonchev–Trinajstić information content (AvgIpc) is 2.31. The number of aliphatic hydroxyl groups is 1. The summed E-state index contributed by atoms with van der Waals surface area (Å²) in [5.74, 6) is 7.10. The molecule has 1 aromatic heterocycles. The topological polar surface area (TPSA) is 84.1 Å². The molecule has 17 heavy (non-hydrogen) atoms. The summed E-state index contributed by atoms with van der Waals surface area (Å²) in [4.78, 5) is 8.87. The van der Waals surface area contributed by atoms with Gasteiger partial charge in [0.1, 0.15) is 16.7 Å². The third-order valence-corrected chi connectivity index (χ3v) is 3.51. The lowest BCUT2D eigenvalue weighted by molar-refractivity contribution is 0.300. The number of aliphatic hydroxyl groups excluding tert-OH is 1. The van der Waals surface area contributed by atoms with E-state index in [-0.39, 0.29) is 17.8 Å². The predicted molar refractivity (Wildman–Crippen MR) is 71.1 cm³/mol. The van der Waals surface area contributed by atoms with E-state index in [1.165, 1.54) is 11.8 Å². The van der Waals surface area contributed by atoms with Crippen molar-refractivity contribution in [1.82, 2.24) is 9.97 Å². The highest BCUT2D eigenvalue weighted by atomic mass is 32.2. The minimum absolute atomic E-state index is 0.106. The monoisotopic (exact) mass is 256 g/mol. The second-order valence-corrected chi connectivity index (χ2v) is 5.70. The van der Waals surface area contributed by atoms with Crippen LogP contribution in [0.5, 0.6) is 0 Å². The first-order chi connectivity index (χ1) is 7.99. The summed E-state index contributed by atoms with van der Waals surface area (Å²) in [5.41, 5.74) is 3.51. The normalized spacial score (nSPS) is 12.9. The molecular weight excluding hydrogens is 236 g/mol. The maximum Gasteiger partial charge on any atom is 0.147 e. The summed E-state index contributed by atoms with van der Waals surface area (Å²) in [7, 11) is 0. The molecule has 0 fully saturated rings. The van der Waals surface area contributed by atoms with E-state index in [9.17, 15) is 0 Å². The van der Waals surface area contributed by atoms with Crippen molar-refractivity contribution >= 4 is 17.6 Å². The molecule has 0 radical (unpaired) electrons. The van der Waals surface area contributed by atoms with Gasteiger partial charge < -0.3 is 10.5 Å². The Labute approximate surface area is 106 Å². The van der Waals surface area contributed by atoms with E-state index >= 15 is 0 Å². The molecule has 0 aliphatic heterocycles. The molecule has 0 aliphatic carbocycles. The third kappa shape index (κ3) is 3.55. The molecule has 0 aromatic carbocycles. The van der Waals surface area contributed by atoms with Gasteiger partial charge in [-0.3, -0.25) is 0 Å². The Kier molecular flexibility index (Phi) is 5.17. The van der Waals surface area contributed by atoms with Gasteiger partial charge in [-0.25, -0.2) is 15.8 Å². The molecule has 0 amide bonds. The van der Waals surface area contributed by atoms with Crippen LogP contribution in [-0.4, -0.2) is 26.9 Å². The molecule has 1 atom stereocenters. The van der Waals surface area contributed by atoms with Gasteiger partial charge in [-0.1, -0.05) is 20.8 Å². The highest BCUT2D eigenvalue weighted by molar-refractivity contribution is 7.99. The van der Waals surface area contributed by atoms with Gasteiger partial charge in [0.2, 0.25) is 0 Å². The molecule has 0 bridgehead atoms. The van der Waals surface area contributed by atoms with Crippen LogP contribution in [0.4, 0.5) is 5.82 Å². The number of hydrogen-bond donors (Lipinski definition) is 3. The van der Waals surface area contributed by atoms with Gasteiger partial charge in [-0.2, -0.15) is 0 Å². The number of aromatic nitrogens is 2. The number of nitrogens with two attached hydrogens (primary N) is 1. The van der Waals surface area contributed by atoms with Gasteiger partial charge >= 0.3 is 0 Å². The van der Waals surface area contributed by atoms with E-state index in [4.69, 9.17) is 10.9 Å². The summed E-state index contributed by atoms with van der Waals surface area (Å²) in [6, 6.07) is 0. The second kappa shape index (κ2) is 6.18. The summed E-state index contributed by atoms with van der Waals surface area (Å²) < 4.78 is 0. The van der Waals surface area contributed by atoms with E-state index in [1.54, 1.807) is 0 Å². The molecule has 0 spiro atoms. The Morgan fingerprint density at radius 2 is 2.00 bits per heavy atom. The van der Waals surface area contributed by atoms with Crippen LogP contribution in [0.15, 0.2) is 5.03 Å². The summed E-state index contributed by atoms with van der Waals surface area (Å²) in [5, 5.41) is 10.1. The van der Waals surface area contributed by atoms with Gasteiger partial charge in [0.05, 0.1) is 6.61 Å². The van der Waals surface area contributed by atoms with Crippen LogP contribution in [0.2, 0.25) is 0 Å². The van der Waals surface area contributed by atoms with Crippen molar-refractivity contribution in [2.45, 2.75) is 43.9 Å². The quantitative estimate of drug-likeness (QED) is 0.322. The molecule has 1 rings (SSSR count). The number of rotatable bonds is 5. The predicted octanol–water partition coefficient (Wildman–Crippen LogP) is 1.67. The van der Waals surface area contributed by atoms with Crippen LogP contribution in [0.25, 0.3) is 0 Å². The lowest BCUT2D eigenvalue weighted by atomic mass is 10.2. The summed E-state index contributed by atoms with van der Waals surface area (Å²) in [6.07, 6.45) is 0. The molecule has 1 heterocycles. The largest absolute Gasteiger partial charge is 0.395 e. The number of hydrogen-bond acceptors (Lipinski definition) is 6. The molecule has 4 N–H and O–H groups in total. The summed E-state index contributed by atoms with van der Waals surface area (Å²) in [6.45, 7) is 8.07. The van der Waals surface area contributed by atoms with Crippen LogP contribution < -0.4 is 11.3 Å². The lowest BCUT2D eigenvalue weighted by Gasteiger charge is -2.15. The van der Waals surface area contributed by atoms with Gasteiger partial charge in [0.15, 0.2) is 0 Å². The highest BCUT2D eigenvalue weighted by Gasteiger charge is 2.14. The van der Waals surface area contributed by atoms with Gasteiger partial charge in [0.25, 0.3) is 0 Å². The number of nitrogen functional groups attached to an aromatic ring is 1. The molecule has 1 unspecified atom stereocenters. The molecule has 0 aliphatic rings. The van der Waals surface area contributed by atoms with Crippen molar-refractivity contribution in [2.75, 3.05) is 12.0 Å². The first kappa shape index (κ1) is 14.2. The smallest absolute Gasteiger partial charge is 0.147 e. The fraction of sp³-hybridized carbons (Fsp3) is 0.636. The highest BCUT2D eigenvalue weighted by Crippen LogP contribution is 2.29. The Bertz CT molecular complexity index is 384. The van der Waals surface area contributed by atoms with E-state index in [2.05, 4.69) is 15.4 Å². The zero-order chi connectivity index (χ0) is 13.0. The summed E-state index contributed by atoms with van der Waals surface area (Å²) >= 11 is 1.53. The fourth-order valence-electron chi connectivity index (χ4n) is 1.25. The number of hydrazine groups is 1. The molecular formula is C11H20N4OS. The number of nitrogens with one attached hydrogen (secondary N) is 1. The minimum Gasteiger partial charge on any atom is -0.395 e. The van der Waals surface area contributed by atoms with Crippen molar-refractivity contribution < 1.29 is 5.11 Å². The second-order valence-electron chi connectivity index (χ2n) is 4.27. The van der Waals surface area contributed by atoms with Gasteiger partial charge in [-0.15, -0.1) is 11.8 Å². The van der Waals surface area contributed by atoms with Crippen LogP contribution in [0.3, 0.4) is 0 Å². The Balaban J connectivity index is 3.13. The number of nitrogens with zero attached hydrogens (tertiary/aromatic N) is 2. The Hall–Kier alpha value is -0.850. The third-order valence-electron chi connectivity index (χ3n) is 2.34. The van der Waals surface area contributed by atoms with Crippen LogP contribution >= 0.6 is 11.8 Å². The van der Waals surface area contributed by atoms with Crippen molar-refractivity contribution in [3.05, 3.63) is 11.4 Å². The number of thioether (sulfide) groups is 1. The van der Waals surface area contributed by atoms with Crippen molar-refractivity contribution in [1.29, 1.82) is 0 Å². The minimum atomic E-state index is 0.106. The van der Waals surface area contributed by atoms with Crippen LogP contribution in [0.1, 0.15) is 38.1 Å². The van der Waals surface area contributed by atoms with Crippen molar-refractivity contribution in [3.63, 3.8) is 0 Å². The maximum atomic E-state index is 9.09. The first-order valence-electron chi connectivity index (χ1n) is 5.62. The fourth-order valence-corrected chi connectivity index (χ4v) is 2.13. The number of anilines is 1. The van der Waals surface area contributed by atoms with E-state index in [1.807, 2.05) is 27.7 Å². The molecule has 6 heteroatoms. The molecule has 0 saturated heterocycles. The Morgan fingerprint density at radius 3 is 2.47 bits per heavy atom. The van der Waals surface area contributed by atoms with E-state index < -0.39 is 0 Å². The van der Waals surface area contributed by atoms with Crippen LogP contribution in [0, 0.1) is 6.92 Å². The van der Waals surface area contributed by atoms with E-state index in [0.29, 0.717) is 5.82 Å². The zero-order valence-corrected chi connectivity index (χ0v) is 11.5.